The summed E-state index contributed by atoms with van der Waals surface area (Å²) in [5.41, 5.74) is 1.80. The summed E-state index contributed by atoms with van der Waals surface area (Å²) in [5.74, 6) is 0.407. The van der Waals surface area contributed by atoms with Crippen LogP contribution in [0.25, 0.3) is 0 Å². The van der Waals surface area contributed by atoms with E-state index in [1.54, 1.807) is 4.90 Å². The lowest BCUT2D eigenvalue weighted by Gasteiger charge is -2.45. The second-order valence-corrected chi connectivity index (χ2v) is 10.8. The maximum atomic E-state index is 12.4. The zero-order valence-electron chi connectivity index (χ0n) is 19.4. The van der Waals surface area contributed by atoms with E-state index in [1.165, 1.54) is 11.3 Å². The molecule has 3 unspecified atom stereocenters. The number of para-hydroxylation sites is 1. The molecule has 6 nitrogen and oxygen atoms in total. The molecule has 2 heterocycles. The van der Waals surface area contributed by atoms with Gasteiger partial charge in [0, 0.05) is 30.9 Å². The number of piperidine rings is 1. The number of hydrogen-bond donors (Lipinski definition) is 3. The van der Waals surface area contributed by atoms with Gasteiger partial charge in [-0.1, -0.05) is 45.0 Å². The van der Waals surface area contributed by atoms with Crippen LogP contribution in [0.4, 0.5) is 10.5 Å². The van der Waals surface area contributed by atoms with Crippen molar-refractivity contribution < 1.29 is 14.7 Å². The third-order valence-electron chi connectivity index (χ3n) is 6.29. The van der Waals surface area contributed by atoms with Crippen LogP contribution in [0.15, 0.2) is 41.8 Å². The first kappa shape index (κ1) is 24.3. The van der Waals surface area contributed by atoms with Gasteiger partial charge in [0.15, 0.2) is 0 Å². The van der Waals surface area contributed by atoms with Crippen LogP contribution in [0, 0.1) is 11.3 Å². The van der Waals surface area contributed by atoms with Crippen LogP contribution < -0.4 is 10.6 Å². The van der Waals surface area contributed by atoms with Crippen LogP contribution in [0.3, 0.4) is 0 Å². The van der Waals surface area contributed by atoms with Crippen LogP contribution in [0.2, 0.25) is 0 Å². The molecule has 1 aliphatic rings. The number of hydrogen-bond acceptors (Lipinski definition) is 4. The molecule has 1 aromatic heterocycles. The minimum absolute atomic E-state index is 0.0409. The Balaban J connectivity index is 1.56. The molecule has 0 radical (unpaired) electrons. The third kappa shape index (κ3) is 6.33. The Labute approximate surface area is 195 Å². The van der Waals surface area contributed by atoms with E-state index in [0.29, 0.717) is 23.9 Å². The van der Waals surface area contributed by atoms with Gasteiger partial charge in [-0.3, -0.25) is 4.79 Å². The van der Waals surface area contributed by atoms with Gasteiger partial charge in [-0.25, -0.2) is 4.79 Å². The van der Waals surface area contributed by atoms with E-state index in [4.69, 9.17) is 0 Å². The van der Waals surface area contributed by atoms with E-state index in [1.807, 2.05) is 41.8 Å². The lowest BCUT2D eigenvalue weighted by atomic mass is 9.75. The second-order valence-electron chi connectivity index (χ2n) is 9.85. The Hall–Kier alpha value is -2.38. The fourth-order valence-electron chi connectivity index (χ4n) is 4.56. The summed E-state index contributed by atoms with van der Waals surface area (Å²) >= 11 is 1.43. The highest BCUT2D eigenvalue weighted by atomic mass is 32.1. The molecule has 2 amide bonds. The second kappa shape index (κ2) is 10.5. The molecule has 3 rings (SSSR count). The zero-order chi connectivity index (χ0) is 23.3. The van der Waals surface area contributed by atoms with Gasteiger partial charge in [0.2, 0.25) is 0 Å². The van der Waals surface area contributed by atoms with Gasteiger partial charge in [0.1, 0.15) is 0 Å². The fourth-order valence-corrected chi connectivity index (χ4v) is 5.18. The monoisotopic (exact) mass is 457 g/mol. The van der Waals surface area contributed by atoms with Gasteiger partial charge in [0.05, 0.1) is 4.88 Å². The van der Waals surface area contributed by atoms with Crippen molar-refractivity contribution >= 4 is 29.0 Å². The lowest BCUT2D eigenvalue weighted by molar-refractivity contribution is 0.0373. The van der Waals surface area contributed by atoms with E-state index in [9.17, 15) is 14.7 Å². The summed E-state index contributed by atoms with van der Waals surface area (Å²) in [5, 5.41) is 18.1. The van der Waals surface area contributed by atoms with Gasteiger partial charge >= 0.3 is 6.09 Å². The zero-order valence-corrected chi connectivity index (χ0v) is 20.2. The molecule has 2 aromatic rings. The van der Waals surface area contributed by atoms with Crippen molar-refractivity contribution in [1.29, 1.82) is 0 Å². The number of carbonyl (C=O) groups excluding carboxylic acids is 1. The molecular formula is C25H35N3O3S. The van der Waals surface area contributed by atoms with E-state index in [2.05, 4.69) is 38.3 Å². The SMILES string of the molecule is CC(CC1CCN(C(=O)O)C(C(C)(C)C)C1)NCc1ccccc1NC(=O)c1cccs1. The Kier molecular flexibility index (Phi) is 7.96. The van der Waals surface area contributed by atoms with Crippen LogP contribution in [-0.4, -0.2) is 40.6 Å². The average Bonchev–Trinajstić information content (AvgIpc) is 3.27. The minimum Gasteiger partial charge on any atom is -0.465 e. The minimum atomic E-state index is -0.809. The summed E-state index contributed by atoms with van der Waals surface area (Å²) in [6.07, 6.45) is 1.99. The predicted molar refractivity (Wildman–Crippen MR) is 130 cm³/mol. The van der Waals surface area contributed by atoms with Crippen molar-refractivity contribution in [3.05, 3.63) is 52.2 Å². The number of amides is 2. The number of benzene rings is 1. The molecular weight excluding hydrogens is 422 g/mol. The first-order valence-electron chi connectivity index (χ1n) is 11.3. The summed E-state index contributed by atoms with van der Waals surface area (Å²) in [6.45, 7) is 9.82. The fraction of sp³-hybridized carbons (Fsp3) is 0.520. The summed E-state index contributed by atoms with van der Waals surface area (Å²) in [4.78, 5) is 26.4. The van der Waals surface area contributed by atoms with Crippen molar-refractivity contribution in [2.24, 2.45) is 11.3 Å². The van der Waals surface area contributed by atoms with E-state index in [-0.39, 0.29) is 23.4 Å². The molecule has 7 heteroatoms. The normalized spacial score (nSPS) is 20.1. The first-order valence-corrected chi connectivity index (χ1v) is 12.2. The number of thiophene rings is 1. The Bertz CT molecular complexity index is 907. The molecule has 1 fully saturated rings. The molecule has 3 N–H and O–H groups in total. The first-order chi connectivity index (χ1) is 15.1. The van der Waals surface area contributed by atoms with Crippen LogP contribution >= 0.6 is 11.3 Å². The smallest absolute Gasteiger partial charge is 0.407 e. The predicted octanol–water partition coefficient (Wildman–Crippen LogP) is 5.67. The molecule has 0 bridgehead atoms. The van der Waals surface area contributed by atoms with Crippen LogP contribution in [0.1, 0.15) is 62.2 Å². The number of anilines is 1. The highest BCUT2D eigenvalue weighted by Gasteiger charge is 2.38. The molecule has 32 heavy (non-hydrogen) atoms. The number of nitrogens with zero attached hydrogens (tertiary/aromatic N) is 1. The van der Waals surface area contributed by atoms with Crippen LogP contribution in [-0.2, 0) is 6.54 Å². The number of nitrogens with one attached hydrogen (secondary N) is 2. The highest BCUT2D eigenvalue weighted by Crippen LogP contribution is 2.36. The van der Waals surface area contributed by atoms with Gasteiger partial charge in [-0.15, -0.1) is 11.3 Å². The Morgan fingerprint density at radius 1 is 1.22 bits per heavy atom. The van der Waals surface area contributed by atoms with Crippen molar-refractivity contribution in [2.75, 3.05) is 11.9 Å². The molecule has 1 aromatic carbocycles. The van der Waals surface area contributed by atoms with E-state index >= 15 is 0 Å². The van der Waals surface area contributed by atoms with Gasteiger partial charge in [-0.05, 0) is 60.6 Å². The molecule has 0 spiro atoms. The van der Waals surface area contributed by atoms with Gasteiger partial charge in [-0.2, -0.15) is 0 Å². The molecule has 3 atom stereocenters. The van der Waals surface area contributed by atoms with Gasteiger partial charge < -0.3 is 20.6 Å². The quantitative estimate of drug-likeness (QED) is 0.500. The Morgan fingerprint density at radius 2 is 1.97 bits per heavy atom. The molecule has 174 valence electrons. The summed E-state index contributed by atoms with van der Waals surface area (Å²) in [6, 6.07) is 11.9. The van der Waals surface area contributed by atoms with E-state index in [0.717, 1.165) is 30.5 Å². The van der Waals surface area contributed by atoms with Crippen molar-refractivity contribution in [3.63, 3.8) is 0 Å². The summed E-state index contributed by atoms with van der Waals surface area (Å²) in [7, 11) is 0. The van der Waals surface area contributed by atoms with Gasteiger partial charge in [0.25, 0.3) is 5.91 Å². The average molecular weight is 458 g/mol. The van der Waals surface area contributed by atoms with E-state index < -0.39 is 6.09 Å². The number of carbonyl (C=O) groups is 2. The lowest BCUT2D eigenvalue weighted by Crippen LogP contribution is -2.52. The largest absolute Gasteiger partial charge is 0.465 e. The molecule has 1 aliphatic heterocycles. The topological polar surface area (TPSA) is 81.7 Å². The van der Waals surface area contributed by atoms with Crippen molar-refractivity contribution in [3.8, 4) is 0 Å². The van der Waals surface area contributed by atoms with Crippen LogP contribution in [0.5, 0.6) is 0 Å². The van der Waals surface area contributed by atoms with Crippen molar-refractivity contribution in [2.45, 2.75) is 65.6 Å². The molecule has 1 saturated heterocycles. The Morgan fingerprint density at radius 3 is 2.62 bits per heavy atom. The number of rotatable bonds is 7. The number of carboxylic acid groups (broad SMARTS) is 1. The highest BCUT2D eigenvalue weighted by molar-refractivity contribution is 7.12. The van der Waals surface area contributed by atoms with Crippen molar-refractivity contribution in [1.82, 2.24) is 10.2 Å². The third-order valence-corrected chi connectivity index (χ3v) is 7.16. The maximum Gasteiger partial charge on any atom is 0.407 e. The maximum absolute atomic E-state index is 12.4. The molecule has 0 aliphatic carbocycles. The number of likely N-dealkylation sites (tertiary alicyclic amines) is 1. The standard InChI is InChI=1S/C25H35N3O3S/c1-17(14-18-11-12-28(24(30)31)22(15-18)25(2,3)4)26-16-19-8-5-6-9-20(19)27-23(29)21-10-7-13-32-21/h5-10,13,17-18,22,26H,11-12,14-16H2,1-4H3,(H,27,29)(H,30,31). The molecule has 0 saturated carbocycles. The summed E-state index contributed by atoms with van der Waals surface area (Å²) < 4.78 is 0.